The van der Waals surface area contributed by atoms with Crippen molar-refractivity contribution < 1.29 is 9.90 Å². The van der Waals surface area contributed by atoms with E-state index < -0.39 is 5.97 Å². The van der Waals surface area contributed by atoms with Crippen LogP contribution in [0.4, 0.5) is 0 Å². The zero-order valence-corrected chi connectivity index (χ0v) is 15.6. The molecular formula is C19H20Cl2N2O2. The molecule has 2 rings (SSSR count). The van der Waals surface area contributed by atoms with Gasteiger partial charge in [0.25, 0.3) is 0 Å². The fourth-order valence-electron chi connectivity index (χ4n) is 2.00. The number of fused-ring (bicyclic) bond motifs is 1. The summed E-state index contributed by atoms with van der Waals surface area (Å²) < 4.78 is 1.85. The average molecular weight is 379 g/mol. The molecule has 0 fully saturated rings. The average Bonchev–Trinajstić information content (AvgIpc) is 2.97. The summed E-state index contributed by atoms with van der Waals surface area (Å²) in [5.74, 6) is -0.434. The fraction of sp³-hybridized carbons (Fsp3) is 0.158. The Morgan fingerprint density at radius 1 is 1.32 bits per heavy atom. The van der Waals surface area contributed by atoms with E-state index in [1.165, 1.54) is 11.6 Å². The summed E-state index contributed by atoms with van der Waals surface area (Å²) in [5.41, 5.74) is 3.12. The minimum Gasteiger partial charge on any atom is -0.478 e. The highest BCUT2D eigenvalue weighted by molar-refractivity contribution is 6.33. The Balaban J connectivity index is 0.00000151. The molecule has 0 aromatic carbocycles. The normalized spacial score (nSPS) is 12.2. The molecule has 2 heterocycles. The summed E-state index contributed by atoms with van der Waals surface area (Å²) >= 11 is 11.3. The smallest absolute Gasteiger partial charge is 0.328 e. The Kier molecular flexibility index (Phi) is 9.37. The summed E-state index contributed by atoms with van der Waals surface area (Å²) in [6, 6.07) is 5.72. The second kappa shape index (κ2) is 11.3. The van der Waals surface area contributed by atoms with Crippen LogP contribution in [-0.2, 0) is 11.2 Å². The maximum absolute atomic E-state index is 10.7. The van der Waals surface area contributed by atoms with Gasteiger partial charge < -0.3 is 5.11 Å². The van der Waals surface area contributed by atoms with Crippen molar-refractivity contribution in [3.63, 3.8) is 0 Å². The number of carboxylic acids is 1. The highest BCUT2D eigenvalue weighted by Gasteiger charge is 2.07. The van der Waals surface area contributed by atoms with Gasteiger partial charge in [0.1, 0.15) is 5.82 Å². The van der Waals surface area contributed by atoms with Gasteiger partial charge in [-0.2, -0.15) is 0 Å². The van der Waals surface area contributed by atoms with Crippen LogP contribution in [-0.4, -0.2) is 20.5 Å². The number of rotatable bonds is 6. The van der Waals surface area contributed by atoms with Crippen LogP contribution < -0.4 is 0 Å². The number of nitrogens with zero attached hydrogens (tertiary/aromatic N) is 2. The molecule has 0 bridgehead atoms. The number of hydrogen-bond acceptors (Lipinski definition) is 2. The highest BCUT2D eigenvalue weighted by Crippen LogP contribution is 2.15. The van der Waals surface area contributed by atoms with Gasteiger partial charge in [-0.1, -0.05) is 55.3 Å². The Hall–Kier alpha value is -2.30. The van der Waals surface area contributed by atoms with E-state index in [1.54, 1.807) is 12.2 Å². The van der Waals surface area contributed by atoms with Crippen LogP contribution in [0.2, 0.25) is 0 Å². The number of allylic oxidation sites excluding steroid dienone is 5. The van der Waals surface area contributed by atoms with Crippen molar-refractivity contribution in [2.24, 2.45) is 0 Å². The molecule has 0 aliphatic carbocycles. The second-order valence-corrected chi connectivity index (χ2v) is 5.21. The first-order chi connectivity index (χ1) is 12.1. The lowest BCUT2D eigenvalue weighted by Gasteiger charge is -1.95. The van der Waals surface area contributed by atoms with Gasteiger partial charge in [-0.05, 0) is 30.4 Å². The van der Waals surface area contributed by atoms with Crippen LogP contribution in [0.1, 0.15) is 25.4 Å². The largest absolute Gasteiger partial charge is 0.478 e. The number of imidazole rings is 1. The Morgan fingerprint density at radius 2 is 2.08 bits per heavy atom. The molecule has 0 spiro atoms. The van der Waals surface area contributed by atoms with Crippen LogP contribution in [0, 0.1) is 0 Å². The molecular weight excluding hydrogens is 359 g/mol. The Morgan fingerprint density at radius 3 is 2.76 bits per heavy atom. The number of aliphatic carboxylic acids is 1. The second-order valence-electron chi connectivity index (χ2n) is 4.52. The fourth-order valence-corrected chi connectivity index (χ4v) is 2.33. The summed E-state index contributed by atoms with van der Waals surface area (Å²) in [5, 5.41) is 9.28. The third kappa shape index (κ3) is 6.61. The van der Waals surface area contributed by atoms with E-state index in [4.69, 9.17) is 28.3 Å². The monoisotopic (exact) mass is 378 g/mol. The molecule has 0 aliphatic rings. The molecule has 0 saturated heterocycles. The molecule has 2 aromatic heterocycles. The van der Waals surface area contributed by atoms with Crippen molar-refractivity contribution in [3.05, 3.63) is 76.9 Å². The Bertz CT molecular complexity index is 818. The van der Waals surface area contributed by atoms with Crippen molar-refractivity contribution in [1.82, 2.24) is 9.38 Å². The van der Waals surface area contributed by atoms with Crippen LogP contribution in [0.5, 0.6) is 0 Å². The number of carboxylic acid groups (broad SMARTS) is 1. The van der Waals surface area contributed by atoms with E-state index in [9.17, 15) is 4.79 Å². The zero-order valence-electron chi connectivity index (χ0n) is 14.1. The van der Waals surface area contributed by atoms with Crippen LogP contribution >= 0.6 is 23.2 Å². The number of pyridine rings is 1. The highest BCUT2D eigenvalue weighted by atomic mass is 35.5. The van der Waals surface area contributed by atoms with Gasteiger partial charge in [-0.25, -0.2) is 9.78 Å². The minimum absolute atomic E-state index is 0.524. The van der Waals surface area contributed by atoms with Crippen LogP contribution in [0.3, 0.4) is 0 Å². The lowest BCUT2D eigenvalue weighted by molar-refractivity contribution is -0.131. The van der Waals surface area contributed by atoms with Crippen molar-refractivity contribution in [2.75, 3.05) is 0 Å². The van der Waals surface area contributed by atoms with E-state index in [-0.39, 0.29) is 0 Å². The van der Waals surface area contributed by atoms with E-state index in [2.05, 4.69) is 4.98 Å². The maximum atomic E-state index is 10.7. The summed E-state index contributed by atoms with van der Waals surface area (Å²) in [7, 11) is 0. The molecule has 0 unspecified atom stereocenters. The molecule has 0 saturated carbocycles. The van der Waals surface area contributed by atoms with Gasteiger partial charge >= 0.3 is 5.97 Å². The first-order valence-corrected chi connectivity index (χ1v) is 8.59. The molecule has 25 heavy (non-hydrogen) atoms. The van der Waals surface area contributed by atoms with Gasteiger partial charge in [0.05, 0.1) is 11.2 Å². The van der Waals surface area contributed by atoms with E-state index >= 15 is 0 Å². The van der Waals surface area contributed by atoms with E-state index in [0.717, 1.165) is 17.3 Å². The van der Waals surface area contributed by atoms with Gasteiger partial charge in [0.15, 0.2) is 0 Å². The van der Waals surface area contributed by atoms with Crippen molar-refractivity contribution >= 4 is 40.8 Å². The zero-order chi connectivity index (χ0) is 18.7. The molecule has 0 radical (unpaired) electrons. The molecule has 1 N–H and O–H groups in total. The van der Waals surface area contributed by atoms with Gasteiger partial charge in [0.2, 0.25) is 0 Å². The number of aromatic nitrogens is 2. The molecule has 132 valence electrons. The Labute approximate surface area is 157 Å². The lowest BCUT2D eigenvalue weighted by atomic mass is 10.2. The van der Waals surface area contributed by atoms with Crippen molar-refractivity contribution in [1.29, 1.82) is 0 Å². The van der Waals surface area contributed by atoms with E-state index in [0.29, 0.717) is 17.3 Å². The van der Waals surface area contributed by atoms with E-state index in [1.807, 2.05) is 54.8 Å². The predicted octanol–water partition coefficient (Wildman–Crippen LogP) is 5.43. The van der Waals surface area contributed by atoms with Gasteiger partial charge in [-0.3, -0.25) is 4.40 Å². The first kappa shape index (κ1) is 20.7. The molecule has 6 heteroatoms. The predicted molar refractivity (Wildman–Crippen MR) is 105 cm³/mol. The van der Waals surface area contributed by atoms with Crippen LogP contribution in [0.25, 0.3) is 11.6 Å². The summed E-state index contributed by atoms with van der Waals surface area (Å²) in [6.07, 6.45) is 12.0. The molecule has 4 nitrogen and oxygen atoms in total. The lowest BCUT2D eigenvalue weighted by Crippen LogP contribution is -1.89. The summed E-state index contributed by atoms with van der Waals surface area (Å²) in [6.45, 7) is 4.00. The molecule has 0 amide bonds. The summed E-state index contributed by atoms with van der Waals surface area (Å²) in [4.78, 5) is 15.2. The maximum Gasteiger partial charge on any atom is 0.328 e. The van der Waals surface area contributed by atoms with Crippen molar-refractivity contribution in [3.8, 4) is 0 Å². The quantitative estimate of drug-likeness (QED) is 0.538. The molecule has 0 atom stereocenters. The number of halogens is 2. The third-order valence-corrected chi connectivity index (χ3v) is 3.33. The minimum atomic E-state index is -1.01. The van der Waals surface area contributed by atoms with Gasteiger partial charge in [-0.15, -0.1) is 0 Å². The molecule has 0 aliphatic heterocycles. The molecule has 2 aromatic rings. The van der Waals surface area contributed by atoms with Crippen LogP contribution in [0.15, 0.2) is 65.3 Å². The van der Waals surface area contributed by atoms with Gasteiger partial charge in [0, 0.05) is 29.3 Å². The van der Waals surface area contributed by atoms with Crippen molar-refractivity contribution in [2.45, 2.75) is 20.3 Å². The standard InChI is InChI=1S/C17H14Cl2N2O2.C2H6/c18-11-10-13(19)5-1-2-6-14-15-7-3-4-12-21(15)16(20-14)8-9-17(22)23;1-2/h1-5,7-12H,6H2,(H,22,23);1-2H3/b2-1+,9-8+,11-10+,13-5+;. The SMILES string of the molecule is CC.O=C(O)/C=C/c1nc(C/C=C/C=C(Cl)\C=C\Cl)c2ccccn12. The number of carbonyl (C=O) groups is 1. The first-order valence-electron chi connectivity index (χ1n) is 7.78. The topological polar surface area (TPSA) is 54.6 Å². The number of hydrogen-bond donors (Lipinski definition) is 1. The third-order valence-electron chi connectivity index (χ3n) is 2.95.